The Labute approximate surface area is 141 Å². The van der Waals surface area contributed by atoms with Gasteiger partial charge in [-0.1, -0.05) is 30.3 Å². The molecule has 0 unspecified atom stereocenters. The third kappa shape index (κ3) is 3.94. The topological polar surface area (TPSA) is 72.5 Å². The predicted octanol–water partition coefficient (Wildman–Crippen LogP) is 2.39. The molecule has 0 radical (unpaired) electrons. The zero-order valence-electron chi connectivity index (χ0n) is 13.4. The highest BCUT2D eigenvalue weighted by Gasteiger charge is 2.31. The van der Waals surface area contributed by atoms with Crippen molar-refractivity contribution in [2.24, 2.45) is 0 Å². The number of carbonyl (C=O) groups is 1. The van der Waals surface area contributed by atoms with E-state index in [9.17, 15) is 13.2 Å². The van der Waals surface area contributed by atoms with Crippen molar-refractivity contribution >= 4 is 21.4 Å². The van der Waals surface area contributed by atoms with E-state index in [2.05, 4.69) is 5.32 Å². The van der Waals surface area contributed by atoms with Crippen LogP contribution in [-0.4, -0.2) is 32.9 Å². The molecule has 0 bridgehead atoms. The highest BCUT2D eigenvalue weighted by atomic mass is 32.2. The van der Waals surface area contributed by atoms with E-state index < -0.39 is 9.84 Å². The molecule has 0 aliphatic heterocycles. The van der Waals surface area contributed by atoms with Crippen molar-refractivity contribution in [1.29, 1.82) is 0 Å². The van der Waals surface area contributed by atoms with Crippen molar-refractivity contribution in [2.45, 2.75) is 12.3 Å². The first-order valence-corrected chi connectivity index (χ1v) is 9.78. The SMILES string of the molecule is CS(=O)(=O)CCOc1cccc(NC(=O)[C@@H]2Cc3ccccc32)c1. The van der Waals surface area contributed by atoms with E-state index in [-0.39, 0.29) is 24.2 Å². The molecule has 5 nitrogen and oxygen atoms in total. The molecule has 1 amide bonds. The molecule has 0 saturated carbocycles. The van der Waals surface area contributed by atoms with Gasteiger partial charge in [0.25, 0.3) is 0 Å². The van der Waals surface area contributed by atoms with E-state index in [4.69, 9.17) is 4.74 Å². The van der Waals surface area contributed by atoms with Crippen molar-refractivity contribution < 1.29 is 17.9 Å². The fourth-order valence-electron chi connectivity index (χ4n) is 2.70. The lowest BCUT2D eigenvalue weighted by Gasteiger charge is -2.28. The van der Waals surface area contributed by atoms with Crippen LogP contribution in [0.15, 0.2) is 48.5 Å². The molecule has 1 aliphatic rings. The number of nitrogens with one attached hydrogen (secondary N) is 1. The Kier molecular flexibility index (Phi) is 4.57. The second kappa shape index (κ2) is 6.65. The molecule has 126 valence electrons. The number of fused-ring (bicyclic) bond motifs is 1. The molecule has 1 N–H and O–H groups in total. The molecular formula is C18H19NO4S. The lowest BCUT2D eigenvalue weighted by Crippen LogP contribution is -2.30. The molecule has 0 saturated heterocycles. The Balaban J connectivity index is 1.60. The van der Waals surface area contributed by atoms with Crippen LogP contribution in [0, 0.1) is 0 Å². The quantitative estimate of drug-likeness (QED) is 0.872. The van der Waals surface area contributed by atoms with Gasteiger partial charge in [-0.05, 0) is 29.7 Å². The van der Waals surface area contributed by atoms with Gasteiger partial charge in [0.2, 0.25) is 5.91 Å². The van der Waals surface area contributed by atoms with Crippen LogP contribution in [-0.2, 0) is 21.1 Å². The molecule has 2 aromatic rings. The van der Waals surface area contributed by atoms with Gasteiger partial charge in [-0.15, -0.1) is 0 Å². The van der Waals surface area contributed by atoms with Crippen LogP contribution in [0.5, 0.6) is 5.75 Å². The Morgan fingerprint density at radius 2 is 2.00 bits per heavy atom. The van der Waals surface area contributed by atoms with Gasteiger partial charge in [-0.25, -0.2) is 8.42 Å². The highest BCUT2D eigenvalue weighted by molar-refractivity contribution is 7.90. The lowest BCUT2D eigenvalue weighted by molar-refractivity contribution is -0.118. The summed E-state index contributed by atoms with van der Waals surface area (Å²) in [6.45, 7) is 0.0895. The number of rotatable bonds is 6. The van der Waals surface area contributed by atoms with Gasteiger partial charge in [0.15, 0.2) is 9.84 Å². The second-order valence-corrected chi connectivity index (χ2v) is 8.21. The van der Waals surface area contributed by atoms with Crippen LogP contribution in [0.1, 0.15) is 17.0 Å². The fraction of sp³-hybridized carbons (Fsp3) is 0.278. The maximum absolute atomic E-state index is 12.4. The molecule has 0 spiro atoms. The zero-order valence-corrected chi connectivity index (χ0v) is 14.2. The molecule has 1 atom stereocenters. The van der Waals surface area contributed by atoms with Crippen LogP contribution in [0.2, 0.25) is 0 Å². The summed E-state index contributed by atoms with van der Waals surface area (Å²) in [6.07, 6.45) is 1.93. The minimum absolute atomic E-state index is 0.0392. The van der Waals surface area contributed by atoms with Gasteiger partial charge >= 0.3 is 0 Å². The Hall–Kier alpha value is -2.34. The maximum atomic E-state index is 12.4. The average molecular weight is 345 g/mol. The number of hydrogen-bond acceptors (Lipinski definition) is 4. The number of sulfone groups is 1. The molecule has 2 aromatic carbocycles. The summed E-state index contributed by atoms with van der Waals surface area (Å²) < 4.78 is 27.7. The molecule has 0 fully saturated rings. The Morgan fingerprint density at radius 1 is 1.21 bits per heavy atom. The van der Waals surface area contributed by atoms with Gasteiger partial charge in [0, 0.05) is 18.0 Å². The number of ether oxygens (including phenoxy) is 1. The molecule has 3 rings (SSSR count). The number of amides is 1. The number of carbonyl (C=O) groups excluding carboxylic acids is 1. The van der Waals surface area contributed by atoms with E-state index in [1.807, 2.05) is 24.3 Å². The van der Waals surface area contributed by atoms with Crippen LogP contribution >= 0.6 is 0 Å². The summed E-state index contributed by atoms with van der Waals surface area (Å²) in [7, 11) is -3.05. The molecule has 0 aromatic heterocycles. The normalized spacial score (nSPS) is 16.0. The van der Waals surface area contributed by atoms with Gasteiger partial charge in [-0.3, -0.25) is 4.79 Å². The van der Waals surface area contributed by atoms with Gasteiger partial charge in [0.05, 0.1) is 11.7 Å². The summed E-state index contributed by atoms with van der Waals surface area (Å²) in [5.41, 5.74) is 2.94. The first-order valence-electron chi connectivity index (χ1n) is 7.72. The summed E-state index contributed by atoms with van der Waals surface area (Å²) in [6, 6.07) is 14.9. The van der Waals surface area contributed by atoms with Crippen molar-refractivity contribution in [3.05, 3.63) is 59.7 Å². The minimum Gasteiger partial charge on any atom is -0.492 e. The van der Waals surface area contributed by atoms with E-state index in [1.165, 1.54) is 11.8 Å². The van der Waals surface area contributed by atoms with E-state index in [0.29, 0.717) is 11.4 Å². The van der Waals surface area contributed by atoms with Crippen molar-refractivity contribution in [1.82, 2.24) is 0 Å². The summed E-state index contributed by atoms with van der Waals surface area (Å²) in [5, 5.41) is 2.89. The molecular weight excluding hydrogens is 326 g/mol. The van der Waals surface area contributed by atoms with Crippen molar-refractivity contribution in [3.8, 4) is 5.75 Å². The van der Waals surface area contributed by atoms with Crippen LogP contribution in [0.4, 0.5) is 5.69 Å². The molecule has 0 heterocycles. The number of benzene rings is 2. The average Bonchev–Trinajstić information content (AvgIpc) is 2.47. The molecule has 24 heavy (non-hydrogen) atoms. The first-order chi connectivity index (χ1) is 11.4. The zero-order chi connectivity index (χ0) is 17.2. The Bertz CT molecular complexity index is 861. The Morgan fingerprint density at radius 3 is 2.75 bits per heavy atom. The fourth-order valence-corrected chi connectivity index (χ4v) is 3.08. The third-order valence-corrected chi connectivity index (χ3v) is 4.90. The first kappa shape index (κ1) is 16.5. The summed E-state index contributed by atoms with van der Waals surface area (Å²) in [4.78, 5) is 12.4. The third-order valence-electron chi connectivity index (χ3n) is 4.00. The maximum Gasteiger partial charge on any atom is 0.232 e. The highest BCUT2D eigenvalue weighted by Crippen LogP contribution is 2.35. The van der Waals surface area contributed by atoms with Crippen LogP contribution < -0.4 is 10.1 Å². The largest absolute Gasteiger partial charge is 0.492 e. The molecule has 1 aliphatic carbocycles. The van der Waals surface area contributed by atoms with Crippen LogP contribution in [0.3, 0.4) is 0 Å². The van der Waals surface area contributed by atoms with E-state index in [1.54, 1.807) is 24.3 Å². The van der Waals surface area contributed by atoms with Gasteiger partial charge < -0.3 is 10.1 Å². The lowest BCUT2D eigenvalue weighted by atomic mass is 9.77. The predicted molar refractivity (Wildman–Crippen MR) is 93.2 cm³/mol. The van der Waals surface area contributed by atoms with Crippen molar-refractivity contribution in [3.63, 3.8) is 0 Å². The van der Waals surface area contributed by atoms with Gasteiger partial charge in [0.1, 0.15) is 12.4 Å². The van der Waals surface area contributed by atoms with Gasteiger partial charge in [-0.2, -0.15) is 0 Å². The minimum atomic E-state index is -3.05. The number of hydrogen-bond donors (Lipinski definition) is 1. The summed E-state index contributed by atoms with van der Waals surface area (Å²) >= 11 is 0. The number of anilines is 1. The summed E-state index contributed by atoms with van der Waals surface area (Å²) in [5.74, 6) is 0.339. The van der Waals surface area contributed by atoms with Crippen molar-refractivity contribution in [2.75, 3.05) is 23.9 Å². The van der Waals surface area contributed by atoms with E-state index >= 15 is 0 Å². The second-order valence-electron chi connectivity index (χ2n) is 5.95. The monoisotopic (exact) mass is 345 g/mol. The van der Waals surface area contributed by atoms with Crippen LogP contribution in [0.25, 0.3) is 0 Å². The molecule has 6 heteroatoms. The van der Waals surface area contributed by atoms with E-state index in [0.717, 1.165) is 12.0 Å². The smallest absolute Gasteiger partial charge is 0.232 e. The standard InChI is InChI=1S/C18H19NO4S/c1-24(21,22)10-9-23-15-7-4-6-14(12-15)19-18(20)17-11-13-5-2-3-8-16(13)17/h2-8,12,17H,9-11H2,1H3,(H,19,20)/t17-/m1/s1.